The van der Waals surface area contributed by atoms with Crippen molar-refractivity contribution in [2.45, 2.75) is 45.4 Å². The van der Waals surface area contributed by atoms with E-state index in [2.05, 4.69) is 4.98 Å². The minimum absolute atomic E-state index is 0.0299. The number of hydrogen-bond donors (Lipinski definition) is 1. The predicted molar refractivity (Wildman–Crippen MR) is 116 cm³/mol. The largest absolute Gasteiger partial charge is 0.458 e. The van der Waals surface area contributed by atoms with Gasteiger partial charge in [-0.15, -0.1) is 0 Å². The van der Waals surface area contributed by atoms with Crippen LogP contribution >= 0.6 is 0 Å². The Morgan fingerprint density at radius 2 is 2.00 bits per heavy atom. The summed E-state index contributed by atoms with van der Waals surface area (Å²) in [5, 5.41) is 11.6. The lowest BCUT2D eigenvalue weighted by molar-refractivity contribution is -0.172. The molecule has 1 aromatic carbocycles. The van der Waals surface area contributed by atoms with Gasteiger partial charge in [0, 0.05) is 28.1 Å². The number of cyclic esters (lactones) is 1. The molecule has 6 rings (SSSR count). The normalized spacial score (nSPS) is 20.4. The zero-order chi connectivity index (χ0) is 23.2. The number of nitrogens with zero attached hydrogens (tertiary/aromatic N) is 2. The van der Waals surface area contributed by atoms with E-state index >= 15 is 0 Å². The minimum atomic E-state index is -1.94. The van der Waals surface area contributed by atoms with Crippen LogP contribution in [0, 0.1) is 12.7 Å². The van der Waals surface area contributed by atoms with Crippen LogP contribution in [0.4, 0.5) is 4.39 Å². The average Bonchev–Trinajstić information content (AvgIpc) is 3.06. The fraction of sp³-hybridized carbons (Fsp3) is 0.280. The number of aliphatic hydroxyl groups is 1. The molecule has 0 radical (unpaired) electrons. The molecule has 3 aromatic rings. The summed E-state index contributed by atoms with van der Waals surface area (Å²) in [6, 6.07) is 2.90. The third kappa shape index (κ3) is 2.41. The molecule has 0 amide bonds. The van der Waals surface area contributed by atoms with Crippen molar-refractivity contribution < 1.29 is 23.8 Å². The van der Waals surface area contributed by atoms with E-state index in [1.165, 1.54) is 16.7 Å². The number of esters is 1. The van der Waals surface area contributed by atoms with E-state index in [9.17, 15) is 23.9 Å². The maximum atomic E-state index is 14.7. The summed E-state index contributed by atoms with van der Waals surface area (Å²) in [7, 11) is 0. The number of rotatable bonds is 1. The molecule has 0 saturated carbocycles. The lowest BCUT2D eigenvalue weighted by Gasteiger charge is -2.31. The van der Waals surface area contributed by atoms with Crippen molar-refractivity contribution in [2.24, 2.45) is 0 Å². The monoisotopic (exact) mass is 446 g/mol. The first-order valence-corrected chi connectivity index (χ1v) is 10.8. The third-order valence-corrected chi connectivity index (χ3v) is 7.14. The van der Waals surface area contributed by atoms with Gasteiger partial charge in [-0.1, -0.05) is 13.0 Å². The summed E-state index contributed by atoms with van der Waals surface area (Å²) in [6.07, 6.45) is 3.63. The molecule has 0 spiro atoms. The molecule has 0 bridgehead atoms. The molecule has 1 atom stereocenters. The van der Waals surface area contributed by atoms with Crippen LogP contribution in [0.15, 0.2) is 29.1 Å². The Bertz CT molecular complexity index is 1550. The predicted octanol–water partition coefficient (Wildman–Crippen LogP) is 2.82. The van der Waals surface area contributed by atoms with Gasteiger partial charge in [0.15, 0.2) is 11.4 Å². The molecule has 3 aliphatic rings. The van der Waals surface area contributed by atoms with E-state index in [0.717, 1.165) is 0 Å². The smallest absolute Gasteiger partial charge is 0.343 e. The molecule has 2 aliphatic heterocycles. The molecule has 0 saturated heterocycles. The van der Waals surface area contributed by atoms with E-state index < -0.39 is 22.9 Å². The summed E-state index contributed by atoms with van der Waals surface area (Å²) in [6.45, 7) is 3.19. The molecular weight excluding hydrogens is 427 g/mol. The molecule has 1 N–H and O–H groups in total. The number of fused-ring (bicyclic) bond motifs is 5. The highest BCUT2D eigenvalue weighted by atomic mass is 19.1. The molecule has 4 heterocycles. The summed E-state index contributed by atoms with van der Waals surface area (Å²) in [4.78, 5) is 43.6. The van der Waals surface area contributed by atoms with E-state index in [4.69, 9.17) is 4.74 Å². The zero-order valence-electron chi connectivity index (χ0n) is 18.0. The van der Waals surface area contributed by atoms with Crippen molar-refractivity contribution in [2.75, 3.05) is 0 Å². The standard InChI is InChI=1S/C25H19FN2O5/c1-3-25(32)15-7-18-22-13(9-28(18)23(30)14(15)10-33-24(25)31)21-19(29)6-4-5-12-11(2)16(26)8-17(27-22)20(12)21/h4,6-8,32H,3,5,9-10H2,1-2H3/t25-/m0/s1. The number of ketones is 1. The first-order valence-electron chi connectivity index (χ1n) is 10.8. The van der Waals surface area contributed by atoms with Gasteiger partial charge >= 0.3 is 5.97 Å². The number of allylic oxidation sites excluding steroid dienone is 2. The number of pyridine rings is 2. The minimum Gasteiger partial charge on any atom is -0.458 e. The van der Waals surface area contributed by atoms with E-state index in [1.807, 2.05) is 0 Å². The fourth-order valence-corrected chi connectivity index (χ4v) is 5.28. The molecule has 33 heavy (non-hydrogen) atoms. The number of ether oxygens (including phenoxy) is 1. The summed E-state index contributed by atoms with van der Waals surface area (Å²) >= 11 is 0. The fourth-order valence-electron chi connectivity index (χ4n) is 5.28. The molecule has 166 valence electrons. The number of carbonyl (C=O) groups is 2. The first kappa shape index (κ1) is 20.0. The van der Waals surface area contributed by atoms with Gasteiger partial charge in [-0.2, -0.15) is 0 Å². The zero-order valence-corrected chi connectivity index (χ0v) is 18.0. The van der Waals surface area contributed by atoms with Crippen LogP contribution in [-0.2, 0) is 34.7 Å². The van der Waals surface area contributed by atoms with Crippen molar-refractivity contribution in [3.63, 3.8) is 0 Å². The molecule has 2 aromatic heterocycles. The third-order valence-electron chi connectivity index (χ3n) is 7.14. The number of aromatic nitrogens is 2. The second-order valence-corrected chi connectivity index (χ2v) is 8.74. The van der Waals surface area contributed by atoms with Crippen molar-refractivity contribution in [1.82, 2.24) is 9.55 Å². The maximum Gasteiger partial charge on any atom is 0.343 e. The number of halogens is 1. The van der Waals surface area contributed by atoms with Crippen molar-refractivity contribution in [1.29, 1.82) is 0 Å². The Labute approximate surface area is 187 Å². The van der Waals surface area contributed by atoms with Crippen LogP contribution in [0.1, 0.15) is 51.5 Å². The van der Waals surface area contributed by atoms with Crippen LogP contribution in [0.3, 0.4) is 0 Å². The molecule has 0 fully saturated rings. The van der Waals surface area contributed by atoms with E-state index in [0.29, 0.717) is 51.0 Å². The van der Waals surface area contributed by atoms with Gasteiger partial charge in [-0.3, -0.25) is 9.59 Å². The second kappa shape index (κ2) is 6.45. The summed E-state index contributed by atoms with van der Waals surface area (Å²) in [5.74, 6) is -1.44. The number of hydrogen-bond acceptors (Lipinski definition) is 6. The van der Waals surface area contributed by atoms with E-state index in [-0.39, 0.29) is 36.5 Å². The lowest BCUT2D eigenvalue weighted by atomic mass is 9.86. The molecule has 7 nitrogen and oxygen atoms in total. The van der Waals surface area contributed by atoms with Crippen LogP contribution in [0.2, 0.25) is 0 Å². The second-order valence-electron chi connectivity index (χ2n) is 8.74. The Morgan fingerprint density at radius 3 is 2.76 bits per heavy atom. The molecular formula is C25H19FN2O5. The highest BCUT2D eigenvalue weighted by Gasteiger charge is 2.45. The van der Waals surface area contributed by atoms with Crippen LogP contribution in [0.25, 0.3) is 22.3 Å². The molecule has 1 aliphatic carbocycles. The average molecular weight is 446 g/mol. The van der Waals surface area contributed by atoms with E-state index in [1.54, 1.807) is 26.0 Å². The Balaban J connectivity index is 1.72. The number of carbonyl (C=O) groups excluding carboxylic acids is 2. The Kier molecular flexibility index (Phi) is 3.91. The first-order chi connectivity index (χ1) is 15.8. The van der Waals surface area contributed by atoms with Gasteiger partial charge in [-0.05, 0) is 43.0 Å². The maximum absolute atomic E-state index is 14.7. The van der Waals surface area contributed by atoms with Gasteiger partial charge in [0.25, 0.3) is 5.56 Å². The van der Waals surface area contributed by atoms with Crippen molar-refractivity contribution in [3.8, 4) is 11.4 Å². The van der Waals surface area contributed by atoms with Gasteiger partial charge < -0.3 is 14.4 Å². The Morgan fingerprint density at radius 1 is 1.21 bits per heavy atom. The SMILES string of the molecule is CC[C@@]1(O)C(=O)OCc2c1cc1n(c2=O)Cc2c-1nc1cc(F)c(C)c3c1c2C(=O)C=CC3. The van der Waals surface area contributed by atoms with Crippen LogP contribution in [-0.4, -0.2) is 26.4 Å². The van der Waals surface area contributed by atoms with Gasteiger partial charge in [0.05, 0.1) is 29.0 Å². The van der Waals surface area contributed by atoms with Crippen molar-refractivity contribution >= 4 is 22.7 Å². The highest BCUT2D eigenvalue weighted by Crippen LogP contribution is 2.42. The van der Waals surface area contributed by atoms with Crippen LogP contribution < -0.4 is 5.56 Å². The Hall–Kier alpha value is -3.65. The summed E-state index contributed by atoms with van der Waals surface area (Å²) in [5.41, 5.74) is 1.33. The van der Waals surface area contributed by atoms with Gasteiger partial charge in [0.2, 0.25) is 0 Å². The lowest BCUT2D eigenvalue weighted by Crippen LogP contribution is -2.44. The summed E-state index contributed by atoms with van der Waals surface area (Å²) < 4.78 is 21.3. The highest BCUT2D eigenvalue weighted by molar-refractivity contribution is 6.17. The van der Waals surface area contributed by atoms with Gasteiger partial charge in [-0.25, -0.2) is 14.2 Å². The quantitative estimate of drug-likeness (QED) is 0.452. The molecule has 0 unspecified atom stereocenters. The van der Waals surface area contributed by atoms with Gasteiger partial charge in [0.1, 0.15) is 12.4 Å². The molecule has 8 heteroatoms. The number of benzene rings is 1. The topological polar surface area (TPSA) is 98.5 Å². The van der Waals surface area contributed by atoms with Crippen molar-refractivity contribution in [3.05, 3.63) is 73.8 Å². The van der Waals surface area contributed by atoms with Crippen LogP contribution in [0.5, 0.6) is 0 Å².